The zero-order valence-electron chi connectivity index (χ0n) is 18.6. The number of nitrogens with one attached hydrogen (secondary N) is 1. The number of aromatic nitrogens is 3. The monoisotopic (exact) mass is 431 g/mol. The second-order valence-corrected chi connectivity index (χ2v) is 8.23. The second kappa shape index (κ2) is 8.42. The lowest BCUT2D eigenvalue weighted by Crippen LogP contribution is -2.13. The Kier molecular flexibility index (Phi) is 5.65. The zero-order chi connectivity index (χ0) is 23.0. The van der Waals surface area contributed by atoms with Crippen LogP contribution in [-0.2, 0) is 6.54 Å². The summed E-state index contributed by atoms with van der Waals surface area (Å²) in [5.41, 5.74) is 10.4. The summed E-state index contributed by atoms with van der Waals surface area (Å²) in [7, 11) is 0. The van der Waals surface area contributed by atoms with Gasteiger partial charge >= 0.3 is 0 Å². The summed E-state index contributed by atoms with van der Waals surface area (Å²) in [4.78, 5) is 21.5. The molecule has 164 valence electrons. The van der Waals surface area contributed by atoms with E-state index >= 15 is 0 Å². The van der Waals surface area contributed by atoms with E-state index in [1.165, 1.54) is 12.1 Å². The van der Waals surface area contributed by atoms with Gasteiger partial charge in [-0.05, 0) is 55.7 Å². The number of carbonyl (C=O) groups is 1. The third-order valence-electron chi connectivity index (χ3n) is 5.55. The zero-order valence-corrected chi connectivity index (χ0v) is 18.6. The average Bonchev–Trinajstić information content (AvgIpc) is 3.07. The van der Waals surface area contributed by atoms with E-state index in [0.29, 0.717) is 23.9 Å². The molecule has 0 radical (unpaired) electrons. The van der Waals surface area contributed by atoms with Gasteiger partial charge in [-0.15, -0.1) is 0 Å². The summed E-state index contributed by atoms with van der Waals surface area (Å²) in [6, 6.07) is 13.9. The predicted molar refractivity (Wildman–Crippen MR) is 125 cm³/mol. The molecule has 0 aliphatic heterocycles. The minimum Gasteiger partial charge on any atom is -0.366 e. The second-order valence-electron chi connectivity index (χ2n) is 8.23. The molecular formula is C25H26FN5O. The number of anilines is 1. The van der Waals surface area contributed by atoms with Gasteiger partial charge in [0.1, 0.15) is 11.6 Å². The largest absolute Gasteiger partial charge is 0.366 e. The van der Waals surface area contributed by atoms with Crippen molar-refractivity contribution in [2.45, 2.75) is 40.2 Å². The number of nitrogens with two attached hydrogens (primary N) is 1. The van der Waals surface area contributed by atoms with Gasteiger partial charge in [0.2, 0.25) is 11.9 Å². The number of halogens is 1. The predicted octanol–water partition coefficient (Wildman–Crippen LogP) is 5.01. The van der Waals surface area contributed by atoms with E-state index in [9.17, 15) is 9.18 Å². The topological polar surface area (TPSA) is 85.8 Å². The number of nitrogens with zero attached hydrogens (tertiary/aromatic N) is 3. The van der Waals surface area contributed by atoms with Gasteiger partial charge in [-0.25, -0.2) is 9.37 Å². The highest BCUT2D eigenvalue weighted by Gasteiger charge is 2.19. The molecule has 2 aromatic heterocycles. The molecule has 0 bridgehead atoms. The summed E-state index contributed by atoms with van der Waals surface area (Å²) in [6.45, 7) is 8.52. The van der Waals surface area contributed by atoms with Crippen LogP contribution < -0.4 is 11.1 Å². The van der Waals surface area contributed by atoms with Crippen molar-refractivity contribution in [3.05, 3.63) is 82.4 Å². The first-order chi connectivity index (χ1) is 15.3. The van der Waals surface area contributed by atoms with Crippen LogP contribution in [0.25, 0.3) is 16.9 Å². The molecule has 2 heterocycles. The van der Waals surface area contributed by atoms with Gasteiger partial charge < -0.3 is 11.1 Å². The van der Waals surface area contributed by atoms with Crippen LogP contribution in [-0.4, -0.2) is 20.4 Å². The Balaban J connectivity index is 1.83. The molecule has 0 aliphatic rings. The Morgan fingerprint density at radius 3 is 2.56 bits per heavy atom. The molecule has 32 heavy (non-hydrogen) atoms. The Bertz CT molecular complexity index is 1330. The van der Waals surface area contributed by atoms with E-state index in [1.807, 2.05) is 36.6 Å². The number of fused-ring (bicyclic) bond motifs is 1. The van der Waals surface area contributed by atoms with Crippen molar-refractivity contribution >= 4 is 22.6 Å². The van der Waals surface area contributed by atoms with Gasteiger partial charge in [0.15, 0.2) is 0 Å². The summed E-state index contributed by atoms with van der Waals surface area (Å²) in [5, 5.41) is 4.14. The maximum atomic E-state index is 13.6. The molecule has 2 aromatic carbocycles. The molecule has 0 fully saturated rings. The molecule has 6 nitrogen and oxygen atoms in total. The number of benzene rings is 2. The van der Waals surface area contributed by atoms with Gasteiger partial charge in [-0.2, -0.15) is 4.98 Å². The fourth-order valence-corrected chi connectivity index (χ4v) is 4.17. The molecule has 0 spiro atoms. The molecule has 7 heteroatoms. The summed E-state index contributed by atoms with van der Waals surface area (Å²) in [6.07, 6.45) is 0. The van der Waals surface area contributed by atoms with Gasteiger partial charge in [-0.3, -0.25) is 9.36 Å². The van der Waals surface area contributed by atoms with E-state index in [2.05, 4.69) is 19.2 Å². The van der Waals surface area contributed by atoms with Gasteiger partial charge in [0.25, 0.3) is 0 Å². The van der Waals surface area contributed by atoms with Crippen LogP contribution in [0.3, 0.4) is 0 Å². The standard InChI is InChI=1S/C25H26FN5O/c1-14(2)22-16(4)29-25(30-24(22)28-13-17-7-5-8-18(26)12-17)31-15(3)11-20-19(23(27)32)9-6-10-21(20)31/h5-12,14H,13H2,1-4H3,(H2,27,32)(H,28,29,30). The lowest BCUT2D eigenvalue weighted by molar-refractivity contribution is 0.100. The molecule has 0 saturated carbocycles. The molecule has 4 aromatic rings. The number of primary amides is 1. The minimum atomic E-state index is -0.475. The fraction of sp³-hybridized carbons (Fsp3) is 0.240. The van der Waals surface area contributed by atoms with Gasteiger partial charge in [0, 0.05) is 34.4 Å². The van der Waals surface area contributed by atoms with Crippen LogP contribution in [0.2, 0.25) is 0 Å². The van der Waals surface area contributed by atoms with Crippen molar-refractivity contribution in [1.82, 2.24) is 14.5 Å². The highest BCUT2D eigenvalue weighted by atomic mass is 19.1. The molecule has 0 aliphatic carbocycles. The van der Waals surface area contributed by atoms with E-state index < -0.39 is 5.91 Å². The van der Waals surface area contributed by atoms with Crippen molar-refractivity contribution in [2.24, 2.45) is 5.73 Å². The molecular weight excluding hydrogens is 405 g/mol. The Morgan fingerprint density at radius 2 is 1.88 bits per heavy atom. The molecule has 0 saturated heterocycles. The Hall–Kier alpha value is -3.74. The van der Waals surface area contributed by atoms with Crippen LogP contribution in [0.4, 0.5) is 10.2 Å². The van der Waals surface area contributed by atoms with Crippen molar-refractivity contribution in [3.63, 3.8) is 0 Å². The number of hydrogen-bond donors (Lipinski definition) is 2. The van der Waals surface area contributed by atoms with Crippen LogP contribution in [0.15, 0.2) is 48.5 Å². The highest BCUT2D eigenvalue weighted by Crippen LogP contribution is 2.30. The van der Waals surface area contributed by atoms with E-state index in [4.69, 9.17) is 15.7 Å². The number of rotatable bonds is 6. The minimum absolute atomic E-state index is 0.197. The number of amides is 1. The van der Waals surface area contributed by atoms with E-state index in [1.54, 1.807) is 18.2 Å². The number of aryl methyl sites for hydroxylation is 2. The first-order valence-electron chi connectivity index (χ1n) is 10.5. The molecule has 3 N–H and O–H groups in total. The van der Waals surface area contributed by atoms with Crippen LogP contribution in [0, 0.1) is 19.7 Å². The SMILES string of the molecule is Cc1nc(-n2c(C)cc3c(C(N)=O)cccc32)nc(NCc2cccc(F)c2)c1C(C)C. The van der Waals surface area contributed by atoms with Crippen LogP contribution in [0.1, 0.15) is 52.6 Å². The number of carbonyl (C=O) groups excluding carboxylic acids is 1. The van der Waals surface area contributed by atoms with Gasteiger partial charge in [0.05, 0.1) is 5.52 Å². The third-order valence-corrected chi connectivity index (χ3v) is 5.55. The smallest absolute Gasteiger partial charge is 0.249 e. The quantitative estimate of drug-likeness (QED) is 0.449. The van der Waals surface area contributed by atoms with Crippen LogP contribution in [0.5, 0.6) is 0 Å². The van der Waals surface area contributed by atoms with E-state index in [-0.39, 0.29) is 11.7 Å². The van der Waals surface area contributed by atoms with Crippen molar-refractivity contribution in [2.75, 3.05) is 5.32 Å². The summed E-state index contributed by atoms with van der Waals surface area (Å²) in [5.74, 6) is 0.662. The normalized spacial score (nSPS) is 11.3. The van der Waals surface area contributed by atoms with E-state index in [0.717, 1.165) is 33.4 Å². The van der Waals surface area contributed by atoms with Crippen molar-refractivity contribution < 1.29 is 9.18 Å². The molecule has 0 atom stereocenters. The fourth-order valence-electron chi connectivity index (χ4n) is 4.17. The molecule has 1 amide bonds. The third kappa shape index (κ3) is 3.93. The lowest BCUT2D eigenvalue weighted by Gasteiger charge is -2.18. The molecule has 4 rings (SSSR count). The average molecular weight is 432 g/mol. The van der Waals surface area contributed by atoms with Crippen LogP contribution >= 0.6 is 0 Å². The maximum Gasteiger partial charge on any atom is 0.249 e. The maximum absolute atomic E-state index is 13.6. The number of hydrogen-bond acceptors (Lipinski definition) is 4. The molecule has 0 unspecified atom stereocenters. The van der Waals surface area contributed by atoms with Gasteiger partial charge in [-0.1, -0.05) is 32.0 Å². The Labute approximate surface area is 186 Å². The summed E-state index contributed by atoms with van der Waals surface area (Å²) >= 11 is 0. The van der Waals surface area contributed by atoms with Crippen molar-refractivity contribution in [3.8, 4) is 5.95 Å². The summed E-state index contributed by atoms with van der Waals surface area (Å²) < 4.78 is 15.5. The Morgan fingerprint density at radius 1 is 1.12 bits per heavy atom. The first kappa shape index (κ1) is 21.5. The lowest BCUT2D eigenvalue weighted by atomic mass is 10.0. The van der Waals surface area contributed by atoms with Crippen molar-refractivity contribution in [1.29, 1.82) is 0 Å². The highest BCUT2D eigenvalue weighted by molar-refractivity contribution is 6.06. The first-order valence-corrected chi connectivity index (χ1v) is 10.5.